The number of hydrogen-bond donors (Lipinski definition) is 1. The van der Waals surface area contributed by atoms with Crippen molar-refractivity contribution in [1.82, 2.24) is 5.32 Å². The van der Waals surface area contributed by atoms with Crippen LogP contribution >= 0.6 is 11.8 Å². The van der Waals surface area contributed by atoms with Gasteiger partial charge in [-0.1, -0.05) is 12.2 Å². The highest BCUT2D eigenvalue weighted by Gasteiger charge is 2.28. The minimum Gasteiger partial charge on any atom is -0.308 e. The average Bonchev–Trinajstić information content (AvgIpc) is 3.02. The molecule has 22 heavy (non-hydrogen) atoms. The number of nitrogens with zero attached hydrogens (tertiary/aromatic N) is 2. The van der Waals surface area contributed by atoms with Crippen LogP contribution in [-0.2, 0) is 0 Å². The van der Waals surface area contributed by atoms with E-state index in [4.69, 9.17) is 4.99 Å². The van der Waals surface area contributed by atoms with Crippen molar-refractivity contribution in [3.8, 4) is 0 Å². The number of thioether (sulfide) groups is 1. The first kappa shape index (κ1) is 14.5. The van der Waals surface area contributed by atoms with E-state index in [0.717, 1.165) is 32.5 Å². The fraction of sp³-hybridized carbons (Fsp3) is 0.556. The molecule has 3 aliphatic heterocycles. The molecule has 1 aliphatic carbocycles. The summed E-state index contributed by atoms with van der Waals surface area (Å²) in [6.45, 7) is 2.87. The largest absolute Gasteiger partial charge is 0.308 e. The third-order valence-corrected chi connectivity index (χ3v) is 5.84. The number of fused-ring (bicyclic) bond motifs is 1. The molecule has 0 bridgehead atoms. The van der Waals surface area contributed by atoms with Crippen molar-refractivity contribution in [2.24, 2.45) is 15.9 Å². The summed E-state index contributed by atoms with van der Waals surface area (Å²) in [6.07, 6.45) is 11.6. The minimum absolute atomic E-state index is 0.453. The first-order valence-electron chi connectivity index (χ1n) is 8.41. The molecule has 0 aromatic heterocycles. The lowest BCUT2D eigenvalue weighted by atomic mass is 9.81. The van der Waals surface area contributed by atoms with Crippen molar-refractivity contribution in [1.29, 1.82) is 0 Å². The third-order valence-electron chi connectivity index (χ3n) is 4.95. The van der Waals surface area contributed by atoms with Crippen LogP contribution in [0.3, 0.4) is 0 Å². The standard InChI is InChI=1S/C18H23N3S/c1-2-17-16(11-14(1)13-3-6-19-7-4-13)18(21-9-8-20-17)15-5-10-22-12-15/h1,6,11-13,17,20H,2-5,7-10H2. The molecule has 4 aliphatic rings. The maximum Gasteiger partial charge on any atom is 0.0660 e. The van der Waals surface area contributed by atoms with Crippen LogP contribution in [0.25, 0.3) is 0 Å². The molecule has 0 fully saturated rings. The van der Waals surface area contributed by atoms with Crippen molar-refractivity contribution < 1.29 is 0 Å². The maximum absolute atomic E-state index is 4.92. The van der Waals surface area contributed by atoms with Gasteiger partial charge in [0.1, 0.15) is 0 Å². The third kappa shape index (κ3) is 2.86. The van der Waals surface area contributed by atoms with E-state index in [1.54, 1.807) is 0 Å². The molecule has 4 rings (SSSR count). The zero-order valence-electron chi connectivity index (χ0n) is 12.9. The first-order chi connectivity index (χ1) is 10.9. The number of rotatable bonds is 2. The van der Waals surface area contributed by atoms with Crippen LogP contribution in [0.5, 0.6) is 0 Å². The van der Waals surface area contributed by atoms with E-state index < -0.39 is 0 Å². The molecule has 3 nitrogen and oxygen atoms in total. The van der Waals surface area contributed by atoms with Crippen LogP contribution in [-0.4, -0.2) is 43.4 Å². The van der Waals surface area contributed by atoms with Crippen molar-refractivity contribution in [3.05, 3.63) is 34.3 Å². The molecule has 0 saturated heterocycles. The SMILES string of the molecule is C1=NCCC(C2=CCC3NCCN=C(C4=CSCC4)C3=C2)C1. The summed E-state index contributed by atoms with van der Waals surface area (Å²) < 4.78 is 0. The van der Waals surface area contributed by atoms with Gasteiger partial charge in [-0.25, -0.2) is 0 Å². The molecule has 1 N–H and O–H groups in total. The second kappa shape index (κ2) is 6.55. The molecule has 4 heteroatoms. The Bertz CT molecular complexity index is 597. The predicted octanol–water partition coefficient (Wildman–Crippen LogP) is 3.16. The van der Waals surface area contributed by atoms with E-state index in [9.17, 15) is 0 Å². The fourth-order valence-corrected chi connectivity index (χ4v) is 4.61. The molecule has 0 spiro atoms. The number of nitrogens with one attached hydrogen (secondary N) is 1. The van der Waals surface area contributed by atoms with Crippen molar-refractivity contribution in [2.45, 2.75) is 31.7 Å². The Balaban J connectivity index is 1.65. The van der Waals surface area contributed by atoms with Crippen molar-refractivity contribution in [2.75, 3.05) is 25.4 Å². The van der Waals surface area contributed by atoms with Crippen LogP contribution in [0.2, 0.25) is 0 Å². The summed E-state index contributed by atoms with van der Waals surface area (Å²) in [7, 11) is 0. The quantitative estimate of drug-likeness (QED) is 0.850. The van der Waals surface area contributed by atoms with Gasteiger partial charge in [0.05, 0.1) is 12.3 Å². The second-order valence-electron chi connectivity index (χ2n) is 6.35. The average molecular weight is 313 g/mol. The Hall–Kier alpha value is -1.13. The Kier molecular flexibility index (Phi) is 4.30. The Labute approximate surface area is 136 Å². The first-order valence-corrected chi connectivity index (χ1v) is 9.46. The minimum atomic E-state index is 0.453. The lowest BCUT2D eigenvalue weighted by molar-refractivity contribution is 0.558. The lowest BCUT2D eigenvalue weighted by Crippen LogP contribution is -2.35. The van der Waals surface area contributed by atoms with E-state index in [0.29, 0.717) is 12.0 Å². The smallest absolute Gasteiger partial charge is 0.0660 e. The van der Waals surface area contributed by atoms with Crippen LogP contribution in [0.4, 0.5) is 0 Å². The molecule has 0 saturated carbocycles. The summed E-state index contributed by atoms with van der Waals surface area (Å²) in [6, 6.07) is 0.453. The van der Waals surface area contributed by atoms with Gasteiger partial charge in [-0.05, 0) is 59.9 Å². The van der Waals surface area contributed by atoms with Crippen LogP contribution in [0, 0.1) is 5.92 Å². The Morgan fingerprint density at radius 3 is 3.05 bits per heavy atom. The van der Waals surface area contributed by atoms with E-state index in [1.165, 1.54) is 41.0 Å². The van der Waals surface area contributed by atoms with Gasteiger partial charge in [-0.15, -0.1) is 11.8 Å². The van der Waals surface area contributed by atoms with Gasteiger partial charge in [-0.2, -0.15) is 0 Å². The van der Waals surface area contributed by atoms with Gasteiger partial charge in [0.25, 0.3) is 0 Å². The van der Waals surface area contributed by atoms with Gasteiger partial charge >= 0.3 is 0 Å². The zero-order chi connectivity index (χ0) is 14.8. The normalized spacial score (nSPS) is 31.6. The monoisotopic (exact) mass is 313 g/mol. The highest BCUT2D eigenvalue weighted by molar-refractivity contribution is 8.02. The Morgan fingerprint density at radius 1 is 1.23 bits per heavy atom. The fourth-order valence-electron chi connectivity index (χ4n) is 3.72. The molecular weight excluding hydrogens is 290 g/mol. The summed E-state index contributed by atoms with van der Waals surface area (Å²) >= 11 is 1.93. The molecule has 0 aromatic carbocycles. The van der Waals surface area contributed by atoms with E-state index in [2.05, 4.69) is 34.1 Å². The van der Waals surface area contributed by atoms with Gasteiger partial charge in [0.2, 0.25) is 0 Å². The molecule has 0 amide bonds. The van der Waals surface area contributed by atoms with Gasteiger partial charge < -0.3 is 5.32 Å². The van der Waals surface area contributed by atoms with E-state index in [1.807, 2.05) is 11.8 Å². The van der Waals surface area contributed by atoms with Crippen LogP contribution < -0.4 is 5.32 Å². The topological polar surface area (TPSA) is 36.8 Å². The highest BCUT2D eigenvalue weighted by Crippen LogP contribution is 2.33. The molecule has 116 valence electrons. The summed E-state index contributed by atoms with van der Waals surface area (Å²) in [5, 5.41) is 6.00. The van der Waals surface area contributed by atoms with E-state index in [-0.39, 0.29) is 0 Å². The molecule has 2 atom stereocenters. The predicted molar refractivity (Wildman–Crippen MR) is 96.1 cm³/mol. The molecular formula is C18H23N3S. The summed E-state index contributed by atoms with van der Waals surface area (Å²) in [5.41, 5.74) is 5.69. The van der Waals surface area contributed by atoms with Gasteiger partial charge in [0, 0.05) is 24.9 Å². The maximum atomic E-state index is 4.92. The van der Waals surface area contributed by atoms with Gasteiger partial charge in [0.15, 0.2) is 0 Å². The highest BCUT2D eigenvalue weighted by atomic mass is 32.2. The van der Waals surface area contributed by atoms with Crippen molar-refractivity contribution >= 4 is 23.7 Å². The number of allylic oxidation sites excluding steroid dienone is 3. The van der Waals surface area contributed by atoms with Crippen LogP contribution in [0.15, 0.2) is 44.3 Å². The second-order valence-corrected chi connectivity index (χ2v) is 7.33. The summed E-state index contributed by atoms with van der Waals surface area (Å²) in [4.78, 5) is 9.30. The molecule has 3 heterocycles. The number of aliphatic imine (C=N–C) groups is 2. The molecule has 0 radical (unpaired) electrons. The van der Waals surface area contributed by atoms with Gasteiger partial charge in [-0.3, -0.25) is 9.98 Å². The van der Waals surface area contributed by atoms with Crippen molar-refractivity contribution in [3.63, 3.8) is 0 Å². The Morgan fingerprint density at radius 2 is 2.23 bits per heavy atom. The number of hydrogen-bond acceptors (Lipinski definition) is 4. The zero-order valence-corrected chi connectivity index (χ0v) is 13.7. The van der Waals surface area contributed by atoms with E-state index >= 15 is 0 Å². The molecule has 0 aromatic rings. The lowest BCUT2D eigenvalue weighted by Gasteiger charge is -2.28. The summed E-state index contributed by atoms with van der Waals surface area (Å²) in [5.74, 6) is 1.86. The molecule has 2 unspecified atom stereocenters. The van der Waals surface area contributed by atoms with Crippen LogP contribution in [0.1, 0.15) is 25.7 Å².